The highest BCUT2D eigenvalue weighted by atomic mass is 31.2. The van der Waals surface area contributed by atoms with Gasteiger partial charge in [-0.05, 0) is 51.0 Å². The van der Waals surface area contributed by atoms with Gasteiger partial charge in [0.2, 0.25) is 5.91 Å². The molecule has 1 heterocycles. The van der Waals surface area contributed by atoms with E-state index in [4.69, 9.17) is 9.47 Å². The summed E-state index contributed by atoms with van der Waals surface area (Å²) in [5, 5.41) is 1.20. The molecule has 7 nitrogen and oxygen atoms in total. The van der Waals surface area contributed by atoms with Crippen molar-refractivity contribution in [3.63, 3.8) is 0 Å². The van der Waals surface area contributed by atoms with Gasteiger partial charge in [0.25, 0.3) is 0 Å². The molecule has 2 aliphatic rings. The number of aldehydes is 1. The highest BCUT2D eigenvalue weighted by molar-refractivity contribution is 7.79. The van der Waals surface area contributed by atoms with Gasteiger partial charge in [0.15, 0.2) is 0 Å². The van der Waals surface area contributed by atoms with Gasteiger partial charge in [-0.25, -0.2) is 9.69 Å². The van der Waals surface area contributed by atoms with Crippen LogP contribution in [0.15, 0.2) is 91.0 Å². The highest BCUT2D eigenvalue weighted by Crippen LogP contribution is 2.65. The van der Waals surface area contributed by atoms with Crippen LogP contribution < -0.4 is 20.2 Å². The lowest BCUT2D eigenvalue weighted by Crippen LogP contribution is -2.57. The van der Waals surface area contributed by atoms with Gasteiger partial charge in [-0.3, -0.25) is 4.79 Å². The zero-order chi connectivity index (χ0) is 29.4. The predicted octanol–water partition coefficient (Wildman–Crippen LogP) is 5.76. The van der Waals surface area contributed by atoms with Gasteiger partial charge in [-0.1, -0.05) is 72.8 Å². The van der Waals surface area contributed by atoms with Gasteiger partial charge < -0.3 is 18.8 Å². The number of imide groups is 1. The van der Waals surface area contributed by atoms with Crippen LogP contribution in [0, 0.1) is 5.92 Å². The number of hydrogen-bond donors (Lipinski definition) is 0. The van der Waals surface area contributed by atoms with Crippen LogP contribution in [0.2, 0.25) is 0 Å². The van der Waals surface area contributed by atoms with Crippen LogP contribution in [-0.4, -0.2) is 36.7 Å². The third-order valence-corrected chi connectivity index (χ3v) is 11.6. The first-order valence-corrected chi connectivity index (χ1v) is 15.4. The molecule has 0 saturated carbocycles. The summed E-state index contributed by atoms with van der Waals surface area (Å²) >= 11 is 0. The van der Waals surface area contributed by atoms with E-state index in [0.29, 0.717) is 34.0 Å². The number of carbonyl (C=O) groups excluding carboxylic acids is 3. The fraction of sp³-hybridized carbons (Fsp3) is 0.303. The number of hydrogen-bond acceptors (Lipinski definition) is 6. The van der Waals surface area contributed by atoms with Crippen LogP contribution in [-0.2, 0) is 24.3 Å². The Morgan fingerprint density at radius 3 is 2.17 bits per heavy atom. The van der Waals surface area contributed by atoms with Crippen molar-refractivity contribution in [1.82, 2.24) is 0 Å². The molecule has 5 rings (SSSR count). The Morgan fingerprint density at radius 1 is 1.02 bits per heavy atom. The first-order valence-electron chi connectivity index (χ1n) is 13.7. The summed E-state index contributed by atoms with van der Waals surface area (Å²) in [5.41, 5.74) is -2.34. The molecule has 0 saturated heterocycles. The standard InChI is InChI=1S/C33H34NO6P/c1-32(2,3)40-31(37)34-28-19-18-24(39-4)22-27(28)33(30(34)36)23(20-21-35)12-11-17-29(33)41(38,25-13-7-5-8-14-25)26-15-9-6-10-16-26/h5-16,18-19,21-23,29H,17,20H2,1-4H3/t23-,29+,33-/m1/s1. The molecule has 0 bridgehead atoms. The van der Waals surface area contributed by atoms with Crippen molar-refractivity contribution in [3.05, 3.63) is 96.6 Å². The summed E-state index contributed by atoms with van der Waals surface area (Å²) in [6.07, 6.45) is 4.01. The van der Waals surface area contributed by atoms with E-state index in [1.165, 1.54) is 7.11 Å². The molecule has 0 fully saturated rings. The summed E-state index contributed by atoms with van der Waals surface area (Å²) in [4.78, 5) is 41.8. The summed E-state index contributed by atoms with van der Waals surface area (Å²) in [7, 11) is -2.07. The Morgan fingerprint density at radius 2 is 1.63 bits per heavy atom. The SMILES string of the molecule is COc1ccc2c(c1)[C@]1(C(=O)N2C(=O)OC(C)(C)C)[C@@H](CC=O)C=CC[C@@H]1P(=O)(c1ccccc1)c1ccccc1. The Bertz CT molecular complexity index is 1500. The number of ether oxygens (including phenoxy) is 2. The first kappa shape index (κ1) is 28.6. The van der Waals surface area contributed by atoms with E-state index >= 15 is 4.57 Å². The molecule has 8 heteroatoms. The Hall–Kier alpha value is -3.96. The number of fused-ring (bicyclic) bond motifs is 2. The number of carbonyl (C=O) groups is 3. The van der Waals surface area contributed by atoms with Crippen molar-refractivity contribution in [1.29, 1.82) is 0 Å². The molecule has 1 spiro atoms. The molecule has 3 aromatic carbocycles. The van der Waals surface area contributed by atoms with Crippen LogP contribution in [0.25, 0.3) is 0 Å². The summed E-state index contributed by atoms with van der Waals surface area (Å²) in [6.45, 7) is 5.20. The second kappa shape index (κ2) is 10.8. The Kier molecular flexibility index (Phi) is 7.52. The maximum absolute atomic E-state index is 15.9. The van der Waals surface area contributed by atoms with Crippen LogP contribution in [0.5, 0.6) is 5.75 Å². The number of nitrogens with zero attached hydrogens (tertiary/aromatic N) is 1. The van der Waals surface area contributed by atoms with Crippen molar-refractivity contribution in [2.45, 2.75) is 50.3 Å². The highest BCUT2D eigenvalue weighted by Gasteiger charge is 2.66. The van der Waals surface area contributed by atoms with Gasteiger partial charge in [0.05, 0.1) is 18.2 Å². The molecule has 0 unspecified atom stereocenters. The number of benzene rings is 3. The van der Waals surface area contributed by atoms with E-state index in [1.54, 1.807) is 39.0 Å². The Balaban J connectivity index is 1.86. The quantitative estimate of drug-likeness (QED) is 0.212. The number of amides is 2. The van der Waals surface area contributed by atoms with Crippen LogP contribution in [0.4, 0.5) is 10.5 Å². The second-order valence-corrected chi connectivity index (χ2v) is 14.4. The van der Waals surface area contributed by atoms with Crippen LogP contribution in [0.3, 0.4) is 0 Å². The first-order chi connectivity index (χ1) is 19.6. The molecule has 0 radical (unpaired) electrons. The predicted molar refractivity (Wildman–Crippen MR) is 160 cm³/mol. The third kappa shape index (κ3) is 4.62. The lowest BCUT2D eigenvalue weighted by molar-refractivity contribution is -0.125. The molecular weight excluding hydrogens is 537 g/mol. The number of allylic oxidation sites excluding steroid dienone is 2. The fourth-order valence-corrected chi connectivity index (χ4v) is 10.00. The molecular formula is C33H34NO6P. The fourth-order valence-electron chi connectivity index (χ4n) is 6.31. The molecule has 3 atom stereocenters. The minimum Gasteiger partial charge on any atom is -0.497 e. The van der Waals surface area contributed by atoms with Crippen molar-refractivity contribution in [3.8, 4) is 5.75 Å². The van der Waals surface area contributed by atoms with Gasteiger partial charge in [-0.15, -0.1) is 0 Å². The van der Waals surface area contributed by atoms with E-state index in [1.807, 2.05) is 72.8 Å². The second-order valence-electron chi connectivity index (χ2n) is 11.4. The number of anilines is 1. The molecule has 212 valence electrons. The molecule has 2 amide bonds. The van der Waals surface area contributed by atoms with E-state index < -0.39 is 41.7 Å². The van der Waals surface area contributed by atoms with E-state index in [2.05, 4.69) is 0 Å². The van der Waals surface area contributed by atoms with Crippen LogP contribution >= 0.6 is 7.14 Å². The van der Waals surface area contributed by atoms with Gasteiger partial charge in [0, 0.05) is 28.6 Å². The van der Waals surface area contributed by atoms with Gasteiger partial charge in [0.1, 0.15) is 24.8 Å². The topological polar surface area (TPSA) is 90.0 Å². The minimum absolute atomic E-state index is 0.00112. The van der Waals surface area contributed by atoms with E-state index in [-0.39, 0.29) is 6.42 Å². The molecule has 41 heavy (non-hydrogen) atoms. The summed E-state index contributed by atoms with van der Waals surface area (Å²) in [5.74, 6) is -0.733. The van der Waals surface area contributed by atoms with Crippen LogP contribution in [0.1, 0.15) is 39.2 Å². The molecule has 0 aromatic heterocycles. The van der Waals surface area contributed by atoms with Crippen molar-refractivity contribution in [2.24, 2.45) is 5.92 Å². The zero-order valence-electron chi connectivity index (χ0n) is 23.7. The smallest absolute Gasteiger partial charge is 0.421 e. The summed E-state index contributed by atoms with van der Waals surface area (Å²) < 4.78 is 27.1. The third-order valence-electron chi connectivity index (χ3n) is 7.93. The monoisotopic (exact) mass is 571 g/mol. The minimum atomic E-state index is -3.60. The molecule has 1 aliphatic carbocycles. The maximum Gasteiger partial charge on any atom is 0.421 e. The lowest BCUT2D eigenvalue weighted by Gasteiger charge is -2.46. The van der Waals surface area contributed by atoms with E-state index in [9.17, 15) is 14.4 Å². The normalized spacial score (nSPS) is 22.0. The zero-order valence-corrected chi connectivity index (χ0v) is 24.5. The van der Waals surface area contributed by atoms with Gasteiger partial charge in [-0.2, -0.15) is 0 Å². The largest absolute Gasteiger partial charge is 0.497 e. The summed E-state index contributed by atoms with van der Waals surface area (Å²) in [6, 6.07) is 23.4. The van der Waals surface area contributed by atoms with Crippen molar-refractivity contribution < 1.29 is 28.4 Å². The average molecular weight is 572 g/mol. The Labute approximate surface area is 240 Å². The lowest BCUT2D eigenvalue weighted by atomic mass is 9.64. The van der Waals surface area contributed by atoms with Crippen molar-refractivity contribution in [2.75, 3.05) is 12.0 Å². The number of methoxy groups -OCH3 is 1. The molecule has 0 N–H and O–H groups in total. The van der Waals surface area contributed by atoms with E-state index in [0.717, 1.165) is 11.2 Å². The maximum atomic E-state index is 15.9. The van der Waals surface area contributed by atoms with Gasteiger partial charge >= 0.3 is 6.09 Å². The number of rotatable bonds is 6. The molecule has 1 aliphatic heterocycles. The molecule has 3 aromatic rings. The van der Waals surface area contributed by atoms with Crippen molar-refractivity contribution >= 4 is 41.7 Å². The average Bonchev–Trinajstić information content (AvgIpc) is 3.21.